The van der Waals surface area contributed by atoms with E-state index in [4.69, 9.17) is 0 Å². The summed E-state index contributed by atoms with van der Waals surface area (Å²) >= 11 is 0. The molecule has 0 atom stereocenters. The van der Waals surface area contributed by atoms with Gasteiger partial charge in [0.1, 0.15) is 0 Å². The second-order valence-corrected chi connectivity index (χ2v) is 3.66. The summed E-state index contributed by atoms with van der Waals surface area (Å²) < 4.78 is 0. The molecular weight excluding hydrogens is 234 g/mol. The molecule has 0 saturated carbocycles. The molecule has 110 valence electrons. The highest BCUT2D eigenvalue weighted by molar-refractivity contribution is 5.94. The maximum absolute atomic E-state index is 11.6. The van der Waals surface area contributed by atoms with Crippen molar-refractivity contribution in [1.29, 1.82) is 0 Å². The number of carbonyl (C=O) groups is 1. The van der Waals surface area contributed by atoms with E-state index in [9.17, 15) is 4.79 Å². The summed E-state index contributed by atoms with van der Waals surface area (Å²) in [5, 5.41) is 2.90. The zero-order valence-corrected chi connectivity index (χ0v) is 13.5. The molecule has 19 heavy (non-hydrogen) atoms. The highest BCUT2D eigenvalue weighted by Crippen LogP contribution is 2.04. The normalized spacial score (nSPS) is 8.53. The van der Waals surface area contributed by atoms with Gasteiger partial charge in [-0.15, -0.1) is 0 Å². The smallest absolute Gasteiger partial charge is 0.251 e. The van der Waals surface area contributed by atoms with Crippen LogP contribution < -0.4 is 5.32 Å². The first-order chi connectivity index (χ1) is 9.27. The van der Waals surface area contributed by atoms with E-state index in [1.807, 2.05) is 52.0 Å². The van der Waals surface area contributed by atoms with Crippen LogP contribution in [0, 0.1) is 0 Å². The Balaban J connectivity index is 0. The van der Waals surface area contributed by atoms with Crippen LogP contribution in [0.4, 0.5) is 0 Å². The Morgan fingerprint density at radius 3 is 1.95 bits per heavy atom. The van der Waals surface area contributed by atoms with Crippen LogP contribution in [0.15, 0.2) is 24.3 Å². The lowest BCUT2D eigenvalue weighted by Gasteiger charge is -2.04. The first-order valence-corrected chi connectivity index (χ1v) is 7.65. The van der Waals surface area contributed by atoms with Crippen molar-refractivity contribution in [1.82, 2.24) is 5.32 Å². The van der Waals surface area contributed by atoms with E-state index in [1.54, 1.807) is 0 Å². The maximum atomic E-state index is 11.6. The molecule has 0 fully saturated rings. The summed E-state index contributed by atoms with van der Waals surface area (Å²) in [7, 11) is 0. The quantitative estimate of drug-likeness (QED) is 0.759. The van der Waals surface area contributed by atoms with Crippen LogP contribution in [-0.2, 0) is 6.42 Å². The van der Waals surface area contributed by atoms with E-state index in [1.165, 1.54) is 5.56 Å². The molecule has 0 saturated heterocycles. The average Bonchev–Trinajstić information content (AvgIpc) is 2.51. The summed E-state index contributed by atoms with van der Waals surface area (Å²) in [6.07, 6.45) is 3.16. The van der Waals surface area contributed by atoms with E-state index in [0.29, 0.717) is 0 Å². The molecule has 1 N–H and O–H groups in total. The fourth-order valence-corrected chi connectivity index (χ4v) is 1.37. The predicted molar refractivity (Wildman–Crippen MR) is 85.8 cm³/mol. The molecule has 1 aromatic carbocycles. The zero-order chi connectivity index (χ0) is 15.1. The van der Waals surface area contributed by atoms with Crippen LogP contribution in [0.5, 0.6) is 0 Å². The zero-order valence-electron chi connectivity index (χ0n) is 13.5. The number of benzene rings is 1. The Morgan fingerprint density at radius 2 is 1.53 bits per heavy atom. The monoisotopic (exact) mass is 265 g/mol. The minimum Gasteiger partial charge on any atom is -0.352 e. The SMILES string of the molecule is CC.CC.CCCCNC(=O)c1ccc(CC)cc1. The lowest BCUT2D eigenvalue weighted by molar-refractivity contribution is 0.0953. The van der Waals surface area contributed by atoms with Gasteiger partial charge >= 0.3 is 0 Å². The molecule has 0 aromatic heterocycles. The standard InChI is InChI=1S/C13H19NO.2C2H6/c1-3-5-10-14-13(15)12-8-6-11(4-2)7-9-12;2*1-2/h6-9H,3-5,10H2,1-2H3,(H,14,15);2*1-2H3. The van der Waals surface area contributed by atoms with E-state index in [-0.39, 0.29) is 5.91 Å². The topological polar surface area (TPSA) is 29.1 Å². The van der Waals surface area contributed by atoms with Crippen molar-refractivity contribution in [2.75, 3.05) is 6.54 Å². The van der Waals surface area contributed by atoms with Crippen LogP contribution in [-0.4, -0.2) is 12.5 Å². The minimum absolute atomic E-state index is 0.0334. The molecule has 0 aliphatic rings. The van der Waals surface area contributed by atoms with Crippen LogP contribution in [0.3, 0.4) is 0 Å². The second kappa shape index (κ2) is 14.7. The molecule has 1 amide bonds. The molecule has 0 spiro atoms. The van der Waals surface area contributed by atoms with E-state index >= 15 is 0 Å². The third kappa shape index (κ3) is 9.29. The Morgan fingerprint density at radius 1 is 1.00 bits per heavy atom. The number of hydrogen-bond acceptors (Lipinski definition) is 1. The molecule has 1 aromatic rings. The van der Waals surface area contributed by atoms with E-state index in [2.05, 4.69) is 19.2 Å². The molecule has 2 nitrogen and oxygen atoms in total. The molecule has 2 heteroatoms. The maximum Gasteiger partial charge on any atom is 0.251 e. The first kappa shape index (κ1) is 20.0. The number of hydrogen-bond donors (Lipinski definition) is 1. The summed E-state index contributed by atoms with van der Waals surface area (Å²) in [6, 6.07) is 7.80. The van der Waals surface area contributed by atoms with Crippen molar-refractivity contribution in [3.05, 3.63) is 35.4 Å². The van der Waals surface area contributed by atoms with Crippen molar-refractivity contribution in [2.24, 2.45) is 0 Å². The van der Waals surface area contributed by atoms with Gasteiger partial charge in [0, 0.05) is 12.1 Å². The number of unbranched alkanes of at least 4 members (excludes halogenated alkanes) is 1. The number of amides is 1. The lowest BCUT2D eigenvalue weighted by atomic mass is 10.1. The van der Waals surface area contributed by atoms with Crippen molar-refractivity contribution in [2.45, 2.75) is 60.8 Å². The molecule has 0 radical (unpaired) electrons. The summed E-state index contributed by atoms with van der Waals surface area (Å²) in [5.74, 6) is 0.0334. The van der Waals surface area contributed by atoms with E-state index in [0.717, 1.165) is 31.4 Å². The third-order valence-electron chi connectivity index (χ3n) is 2.44. The summed E-state index contributed by atoms with van der Waals surface area (Å²) in [4.78, 5) is 11.6. The average molecular weight is 265 g/mol. The van der Waals surface area contributed by atoms with Crippen molar-refractivity contribution >= 4 is 5.91 Å². The lowest BCUT2D eigenvalue weighted by Crippen LogP contribution is -2.24. The Kier molecular flexibility index (Phi) is 15.5. The van der Waals surface area contributed by atoms with Gasteiger partial charge in [0.2, 0.25) is 0 Å². The molecule has 0 bridgehead atoms. The van der Waals surface area contributed by atoms with Crippen molar-refractivity contribution in [3.63, 3.8) is 0 Å². The van der Waals surface area contributed by atoms with Gasteiger partial charge in [0.25, 0.3) is 5.91 Å². The minimum atomic E-state index is 0.0334. The third-order valence-corrected chi connectivity index (χ3v) is 2.44. The van der Waals surface area contributed by atoms with Gasteiger partial charge < -0.3 is 5.32 Å². The first-order valence-electron chi connectivity index (χ1n) is 7.65. The van der Waals surface area contributed by atoms with Crippen LogP contribution in [0.2, 0.25) is 0 Å². The summed E-state index contributed by atoms with van der Waals surface area (Å²) in [5.41, 5.74) is 2.02. The molecule has 1 rings (SSSR count). The second-order valence-electron chi connectivity index (χ2n) is 3.66. The largest absolute Gasteiger partial charge is 0.352 e. The number of nitrogens with one attached hydrogen (secondary N) is 1. The highest BCUT2D eigenvalue weighted by atomic mass is 16.1. The highest BCUT2D eigenvalue weighted by Gasteiger charge is 2.03. The number of rotatable bonds is 5. The molecular formula is C17H31NO. The van der Waals surface area contributed by atoms with Gasteiger partial charge in [-0.05, 0) is 30.5 Å². The Labute approximate surface area is 119 Å². The summed E-state index contributed by atoms with van der Waals surface area (Å²) in [6.45, 7) is 13.0. The Hall–Kier alpha value is -1.31. The van der Waals surface area contributed by atoms with Gasteiger partial charge in [-0.25, -0.2) is 0 Å². The van der Waals surface area contributed by atoms with Crippen LogP contribution >= 0.6 is 0 Å². The number of carbonyl (C=O) groups excluding carboxylic acids is 1. The van der Waals surface area contributed by atoms with E-state index < -0.39 is 0 Å². The van der Waals surface area contributed by atoms with Crippen LogP contribution in [0.25, 0.3) is 0 Å². The molecule has 0 unspecified atom stereocenters. The van der Waals surface area contributed by atoms with Gasteiger partial charge in [-0.3, -0.25) is 4.79 Å². The molecule has 0 aliphatic carbocycles. The van der Waals surface area contributed by atoms with Gasteiger partial charge in [0.05, 0.1) is 0 Å². The predicted octanol–water partition coefficient (Wildman–Crippen LogP) is 4.83. The van der Waals surface area contributed by atoms with Crippen LogP contribution in [0.1, 0.15) is 70.3 Å². The van der Waals surface area contributed by atoms with Gasteiger partial charge in [0.15, 0.2) is 0 Å². The number of aryl methyl sites for hydroxylation is 1. The van der Waals surface area contributed by atoms with Crippen molar-refractivity contribution in [3.8, 4) is 0 Å². The molecule has 0 aliphatic heterocycles. The fraction of sp³-hybridized carbons (Fsp3) is 0.588. The fourth-order valence-electron chi connectivity index (χ4n) is 1.37. The van der Waals surface area contributed by atoms with Crippen molar-refractivity contribution < 1.29 is 4.79 Å². The van der Waals surface area contributed by atoms with Gasteiger partial charge in [-0.2, -0.15) is 0 Å². The van der Waals surface area contributed by atoms with Gasteiger partial charge in [-0.1, -0.05) is 60.1 Å². The molecule has 0 heterocycles. The Bertz CT molecular complexity index is 304.